The molecule has 0 bridgehead atoms. The van der Waals surface area contributed by atoms with Gasteiger partial charge in [0.25, 0.3) is 0 Å². The molecule has 19 heavy (non-hydrogen) atoms. The molecule has 1 saturated carbocycles. The molecule has 0 heterocycles. The molecule has 2 heteroatoms. The van der Waals surface area contributed by atoms with E-state index in [0.29, 0.717) is 6.04 Å². The molecular weight excluding hydrogens is 234 g/mol. The van der Waals surface area contributed by atoms with E-state index in [1.54, 1.807) is 0 Å². The van der Waals surface area contributed by atoms with Crippen LogP contribution in [0.15, 0.2) is 24.3 Å². The normalized spacial score (nSPS) is 23.9. The van der Waals surface area contributed by atoms with E-state index < -0.39 is 0 Å². The van der Waals surface area contributed by atoms with Gasteiger partial charge < -0.3 is 10.4 Å². The summed E-state index contributed by atoms with van der Waals surface area (Å²) in [4.78, 5) is 0. The van der Waals surface area contributed by atoms with Gasteiger partial charge in [0.05, 0.1) is 6.61 Å². The van der Waals surface area contributed by atoms with Crippen molar-refractivity contribution in [1.29, 1.82) is 0 Å². The maximum Gasteiger partial charge on any atom is 0.0682 e. The monoisotopic (exact) mass is 261 g/mol. The third kappa shape index (κ3) is 4.54. The number of aliphatic hydroxyl groups is 1. The summed E-state index contributed by atoms with van der Waals surface area (Å²) >= 11 is 0. The van der Waals surface area contributed by atoms with Crippen LogP contribution in [0.1, 0.15) is 57.4 Å². The summed E-state index contributed by atoms with van der Waals surface area (Å²) in [5.41, 5.74) is 2.15. The van der Waals surface area contributed by atoms with Crippen molar-refractivity contribution in [1.82, 2.24) is 0 Å². The highest BCUT2D eigenvalue weighted by Crippen LogP contribution is 2.28. The maximum atomic E-state index is 9.18. The molecule has 2 nitrogen and oxygen atoms in total. The molecule has 1 aliphatic carbocycles. The first-order valence-electron chi connectivity index (χ1n) is 7.78. The minimum absolute atomic E-state index is 0.124. The minimum atomic E-state index is 0.124. The van der Waals surface area contributed by atoms with Crippen LogP contribution in [0.4, 0.5) is 5.69 Å². The number of nitrogens with one attached hydrogen (secondary N) is 1. The molecule has 2 N–H and O–H groups in total. The number of hydrogen-bond donors (Lipinski definition) is 2. The molecule has 0 radical (unpaired) electrons. The van der Waals surface area contributed by atoms with Crippen molar-refractivity contribution in [2.24, 2.45) is 5.92 Å². The zero-order valence-electron chi connectivity index (χ0n) is 12.1. The molecular formula is C17H27NO. The lowest BCUT2D eigenvalue weighted by Gasteiger charge is -2.18. The van der Waals surface area contributed by atoms with Crippen molar-refractivity contribution in [3.8, 4) is 0 Å². The molecule has 2 rings (SSSR count). The Bertz CT molecular complexity index is 377. The molecule has 1 aliphatic rings. The predicted molar refractivity (Wildman–Crippen MR) is 81.3 cm³/mol. The smallest absolute Gasteiger partial charge is 0.0682 e. The van der Waals surface area contributed by atoms with Gasteiger partial charge in [0.2, 0.25) is 0 Å². The molecule has 0 amide bonds. The lowest BCUT2D eigenvalue weighted by molar-refractivity contribution is 0.282. The Morgan fingerprint density at radius 3 is 2.89 bits per heavy atom. The van der Waals surface area contributed by atoms with Gasteiger partial charge in [-0.1, -0.05) is 44.7 Å². The van der Waals surface area contributed by atoms with Crippen molar-refractivity contribution < 1.29 is 5.11 Å². The highest BCUT2D eigenvalue weighted by atomic mass is 16.3. The van der Waals surface area contributed by atoms with Crippen LogP contribution in [0.2, 0.25) is 0 Å². The van der Waals surface area contributed by atoms with Crippen molar-refractivity contribution in [3.63, 3.8) is 0 Å². The molecule has 1 fully saturated rings. The second kappa shape index (κ2) is 7.54. The third-order valence-electron chi connectivity index (χ3n) is 4.27. The number of anilines is 1. The Labute approximate surface area is 117 Å². The van der Waals surface area contributed by atoms with Crippen LogP contribution >= 0.6 is 0 Å². The molecule has 106 valence electrons. The Kier molecular flexibility index (Phi) is 5.71. The topological polar surface area (TPSA) is 32.3 Å². The summed E-state index contributed by atoms with van der Waals surface area (Å²) in [5, 5.41) is 12.8. The first-order valence-corrected chi connectivity index (χ1v) is 7.78. The van der Waals surface area contributed by atoms with E-state index in [0.717, 1.165) is 17.2 Å². The van der Waals surface area contributed by atoms with E-state index >= 15 is 0 Å². The zero-order chi connectivity index (χ0) is 13.5. The summed E-state index contributed by atoms with van der Waals surface area (Å²) in [7, 11) is 0. The van der Waals surface area contributed by atoms with Gasteiger partial charge in [0.1, 0.15) is 0 Å². The van der Waals surface area contributed by atoms with E-state index in [2.05, 4.69) is 24.4 Å². The fraction of sp³-hybridized carbons (Fsp3) is 0.647. The lowest BCUT2D eigenvalue weighted by Crippen LogP contribution is -2.18. The molecule has 1 aromatic rings. The van der Waals surface area contributed by atoms with Gasteiger partial charge in [0.15, 0.2) is 0 Å². The highest BCUT2D eigenvalue weighted by Gasteiger charge is 2.18. The predicted octanol–water partition coefficient (Wildman–Crippen LogP) is 4.34. The molecule has 0 aliphatic heterocycles. The van der Waals surface area contributed by atoms with E-state index in [1.165, 1.54) is 44.9 Å². The first kappa shape index (κ1) is 14.4. The van der Waals surface area contributed by atoms with Gasteiger partial charge in [0, 0.05) is 11.7 Å². The van der Waals surface area contributed by atoms with Crippen LogP contribution in [-0.2, 0) is 6.61 Å². The molecule has 2 atom stereocenters. The van der Waals surface area contributed by atoms with Crippen molar-refractivity contribution >= 4 is 5.69 Å². The van der Waals surface area contributed by atoms with Gasteiger partial charge in [-0.25, -0.2) is 0 Å². The first-order chi connectivity index (χ1) is 9.31. The van der Waals surface area contributed by atoms with E-state index in [9.17, 15) is 5.11 Å². The van der Waals surface area contributed by atoms with E-state index in [-0.39, 0.29) is 6.61 Å². The molecule has 0 saturated heterocycles. The molecule has 0 spiro atoms. The Morgan fingerprint density at radius 2 is 2.11 bits per heavy atom. The summed E-state index contributed by atoms with van der Waals surface area (Å²) < 4.78 is 0. The Morgan fingerprint density at radius 1 is 1.21 bits per heavy atom. The van der Waals surface area contributed by atoms with Crippen LogP contribution < -0.4 is 5.32 Å². The molecule has 1 aromatic carbocycles. The second-order valence-corrected chi connectivity index (χ2v) is 5.86. The van der Waals surface area contributed by atoms with Crippen LogP contribution in [0.5, 0.6) is 0 Å². The summed E-state index contributed by atoms with van der Waals surface area (Å²) in [6.07, 6.45) is 9.40. The highest BCUT2D eigenvalue weighted by molar-refractivity contribution is 5.46. The summed E-state index contributed by atoms with van der Waals surface area (Å²) in [5.74, 6) is 0.945. The number of hydrogen-bond acceptors (Lipinski definition) is 2. The van der Waals surface area contributed by atoms with E-state index in [1.807, 2.05) is 12.1 Å². The van der Waals surface area contributed by atoms with Crippen LogP contribution in [0.25, 0.3) is 0 Å². The summed E-state index contributed by atoms with van der Waals surface area (Å²) in [6, 6.07) is 8.76. The Balaban J connectivity index is 1.88. The second-order valence-electron chi connectivity index (χ2n) is 5.86. The Hall–Kier alpha value is -1.02. The minimum Gasteiger partial charge on any atom is -0.392 e. The molecule has 2 unspecified atom stereocenters. The number of benzene rings is 1. The average Bonchev–Trinajstić information content (AvgIpc) is 2.65. The van der Waals surface area contributed by atoms with Crippen molar-refractivity contribution in [3.05, 3.63) is 29.8 Å². The SMILES string of the molecule is CCCC1CCCC(Nc2cccc(CO)c2)CC1. The van der Waals surface area contributed by atoms with Crippen LogP contribution in [0.3, 0.4) is 0 Å². The third-order valence-corrected chi connectivity index (χ3v) is 4.27. The fourth-order valence-corrected chi connectivity index (χ4v) is 3.21. The van der Waals surface area contributed by atoms with Gasteiger partial charge in [-0.15, -0.1) is 0 Å². The number of aliphatic hydroxyl groups excluding tert-OH is 1. The quantitative estimate of drug-likeness (QED) is 0.773. The largest absolute Gasteiger partial charge is 0.392 e. The van der Waals surface area contributed by atoms with E-state index in [4.69, 9.17) is 0 Å². The van der Waals surface area contributed by atoms with Gasteiger partial charge >= 0.3 is 0 Å². The van der Waals surface area contributed by atoms with Gasteiger partial charge in [-0.2, -0.15) is 0 Å². The van der Waals surface area contributed by atoms with Crippen LogP contribution in [-0.4, -0.2) is 11.1 Å². The zero-order valence-corrected chi connectivity index (χ0v) is 12.1. The van der Waals surface area contributed by atoms with Crippen LogP contribution in [0, 0.1) is 5.92 Å². The number of rotatable bonds is 5. The lowest BCUT2D eigenvalue weighted by atomic mass is 9.95. The average molecular weight is 261 g/mol. The van der Waals surface area contributed by atoms with Crippen molar-refractivity contribution in [2.45, 2.75) is 64.5 Å². The fourth-order valence-electron chi connectivity index (χ4n) is 3.21. The van der Waals surface area contributed by atoms with Gasteiger partial charge in [-0.05, 0) is 42.9 Å². The summed E-state index contributed by atoms with van der Waals surface area (Å²) in [6.45, 7) is 2.42. The standard InChI is InChI=1S/C17H27NO/c1-2-5-14-6-3-8-16(11-10-14)18-17-9-4-7-15(12-17)13-19/h4,7,9,12,14,16,18-19H,2-3,5-6,8,10-11,13H2,1H3. The van der Waals surface area contributed by atoms with Crippen molar-refractivity contribution in [2.75, 3.05) is 5.32 Å². The van der Waals surface area contributed by atoms with Gasteiger partial charge in [-0.3, -0.25) is 0 Å². The maximum absolute atomic E-state index is 9.18. The molecule has 0 aromatic heterocycles.